The van der Waals surface area contributed by atoms with E-state index in [1.165, 1.54) is 19.2 Å². The van der Waals surface area contributed by atoms with E-state index in [9.17, 15) is 4.79 Å². The molecule has 2 aliphatic carbocycles. The van der Waals surface area contributed by atoms with Crippen LogP contribution in [0, 0.1) is 0 Å². The number of carbonyl (C=O) groups is 1. The molecule has 2 saturated carbocycles. The molecule has 6 nitrogen and oxygen atoms in total. The van der Waals surface area contributed by atoms with Crippen LogP contribution in [0.25, 0.3) is 11.5 Å². The number of nitrogens with zero attached hydrogens (tertiary/aromatic N) is 3. The largest absolute Gasteiger partial charge is 0.484 e. The van der Waals surface area contributed by atoms with Crippen molar-refractivity contribution in [2.24, 2.45) is 0 Å². The van der Waals surface area contributed by atoms with E-state index in [2.05, 4.69) is 15.1 Å². The van der Waals surface area contributed by atoms with Crippen molar-refractivity contribution in [1.82, 2.24) is 15.1 Å². The van der Waals surface area contributed by atoms with E-state index in [1.807, 2.05) is 24.3 Å². The molecular formula is C18H21N3O3. The maximum absolute atomic E-state index is 12.6. The summed E-state index contributed by atoms with van der Waals surface area (Å²) in [5.74, 6) is 1.26. The topological polar surface area (TPSA) is 68.5 Å². The van der Waals surface area contributed by atoms with E-state index in [4.69, 9.17) is 9.15 Å². The van der Waals surface area contributed by atoms with Gasteiger partial charge in [0.25, 0.3) is 5.91 Å². The van der Waals surface area contributed by atoms with E-state index < -0.39 is 0 Å². The first-order valence-electron chi connectivity index (χ1n) is 8.62. The van der Waals surface area contributed by atoms with Crippen molar-refractivity contribution in [3.8, 4) is 17.2 Å². The third-order valence-electron chi connectivity index (χ3n) is 4.77. The number of hydrogen-bond donors (Lipinski definition) is 0. The fourth-order valence-corrected chi connectivity index (χ4v) is 3.45. The van der Waals surface area contributed by atoms with Crippen molar-refractivity contribution in [3.63, 3.8) is 0 Å². The van der Waals surface area contributed by atoms with E-state index >= 15 is 0 Å². The van der Waals surface area contributed by atoms with Crippen LogP contribution in [0.15, 0.2) is 35.1 Å². The highest BCUT2D eigenvalue weighted by Crippen LogP contribution is 2.34. The summed E-state index contributed by atoms with van der Waals surface area (Å²) in [4.78, 5) is 14.7. The Kier molecular flexibility index (Phi) is 4.19. The van der Waals surface area contributed by atoms with Gasteiger partial charge in [-0.3, -0.25) is 4.79 Å². The summed E-state index contributed by atoms with van der Waals surface area (Å²) >= 11 is 0. The number of rotatable bonds is 6. The standard InChI is InChI=1S/C18H21N3O3/c22-17(21(15-7-8-15)14-3-1-2-4-14)11-23-16-9-5-13(6-10-16)18-20-19-12-24-18/h5-6,9-10,12,14-15H,1-4,7-8,11H2. The molecule has 2 aromatic rings. The molecule has 0 aliphatic heterocycles. The first kappa shape index (κ1) is 15.2. The molecule has 1 aromatic heterocycles. The SMILES string of the molecule is O=C(COc1ccc(-c2nnco2)cc1)N(C1CCCC1)C1CC1. The molecule has 1 heterocycles. The highest BCUT2D eigenvalue weighted by Gasteiger charge is 2.38. The molecular weight excluding hydrogens is 306 g/mol. The summed E-state index contributed by atoms with van der Waals surface area (Å²) in [6, 6.07) is 8.22. The Balaban J connectivity index is 1.36. The first-order chi connectivity index (χ1) is 11.8. The minimum absolute atomic E-state index is 0.104. The molecule has 0 radical (unpaired) electrons. The molecule has 0 unspecified atom stereocenters. The second-order valence-corrected chi connectivity index (χ2v) is 6.53. The average Bonchev–Trinajstić information content (AvgIpc) is 3.06. The Labute approximate surface area is 140 Å². The summed E-state index contributed by atoms with van der Waals surface area (Å²) < 4.78 is 10.9. The van der Waals surface area contributed by atoms with Gasteiger partial charge < -0.3 is 14.1 Å². The van der Waals surface area contributed by atoms with Gasteiger partial charge in [0.05, 0.1) is 0 Å². The highest BCUT2D eigenvalue weighted by molar-refractivity contribution is 5.79. The predicted molar refractivity (Wildman–Crippen MR) is 87.4 cm³/mol. The van der Waals surface area contributed by atoms with Gasteiger partial charge in [-0.15, -0.1) is 10.2 Å². The highest BCUT2D eigenvalue weighted by atomic mass is 16.5. The van der Waals surface area contributed by atoms with Gasteiger partial charge in [0.2, 0.25) is 12.3 Å². The molecule has 0 spiro atoms. The lowest BCUT2D eigenvalue weighted by Crippen LogP contribution is -2.43. The number of hydrogen-bond acceptors (Lipinski definition) is 5. The van der Waals surface area contributed by atoms with Crippen molar-refractivity contribution in [3.05, 3.63) is 30.7 Å². The van der Waals surface area contributed by atoms with E-state index in [0.717, 1.165) is 31.2 Å². The molecule has 2 fully saturated rings. The Bertz CT molecular complexity index is 674. The van der Waals surface area contributed by atoms with Crippen molar-refractivity contribution in [1.29, 1.82) is 0 Å². The quantitative estimate of drug-likeness (QED) is 0.815. The van der Waals surface area contributed by atoms with Crippen LogP contribution in [0.3, 0.4) is 0 Å². The fourth-order valence-electron chi connectivity index (χ4n) is 3.45. The maximum Gasteiger partial charge on any atom is 0.261 e. The molecule has 126 valence electrons. The Morgan fingerprint density at radius 1 is 1.12 bits per heavy atom. The van der Waals surface area contributed by atoms with Gasteiger partial charge in [0.15, 0.2) is 6.61 Å². The monoisotopic (exact) mass is 327 g/mol. The van der Waals surface area contributed by atoms with E-state index in [0.29, 0.717) is 23.7 Å². The van der Waals surface area contributed by atoms with Crippen LogP contribution in [0.4, 0.5) is 0 Å². The van der Waals surface area contributed by atoms with Crippen molar-refractivity contribution < 1.29 is 13.9 Å². The number of aromatic nitrogens is 2. The number of benzene rings is 1. The number of amides is 1. The molecule has 1 amide bonds. The lowest BCUT2D eigenvalue weighted by atomic mass is 10.2. The number of ether oxygens (including phenoxy) is 1. The summed E-state index contributed by atoms with van der Waals surface area (Å²) in [5.41, 5.74) is 0.830. The lowest BCUT2D eigenvalue weighted by Gasteiger charge is -2.29. The minimum atomic E-state index is 0.104. The molecule has 0 bridgehead atoms. The van der Waals surface area contributed by atoms with Gasteiger partial charge in [0.1, 0.15) is 5.75 Å². The molecule has 0 atom stereocenters. The molecule has 4 rings (SSSR count). The van der Waals surface area contributed by atoms with E-state index in [-0.39, 0.29) is 12.5 Å². The van der Waals surface area contributed by atoms with Crippen molar-refractivity contribution in [2.75, 3.05) is 6.61 Å². The average molecular weight is 327 g/mol. The van der Waals surface area contributed by atoms with Crippen LogP contribution < -0.4 is 4.74 Å². The predicted octanol–water partition coefficient (Wildman–Crippen LogP) is 3.05. The van der Waals surface area contributed by atoms with Crippen LogP contribution >= 0.6 is 0 Å². The smallest absolute Gasteiger partial charge is 0.261 e. The minimum Gasteiger partial charge on any atom is -0.484 e. The first-order valence-corrected chi connectivity index (χ1v) is 8.62. The van der Waals surface area contributed by atoms with Gasteiger partial charge in [0, 0.05) is 17.6 Å². The van der Waals surface area contributed by atoms with Crippen LogP contribution in [0.1, 0.15) is 38.5 Å². The van der Waals surface area contributed by atoms with Crippen LogP contribution in [0.5, 0.6) is 5.75 Å². The normalized spacial score (nSPS) is 17.8. The fraction of sp³-hybridized carbons (Fsp3) is 0.500. The van der Waals surface area contributed by atoms with Gasteiger partial charge in [-0.1, -0.05) is 12.8 Å². The molecule has 24 heavy (non-hydrogen) atoms. The molecule has 6 heteroatoms. The lowest BCUT2D eigenvalue weighted by molar-refractivity contribution is -0.136. The molecule has 2 aliphatic rings. The molecule has 0 saturated heterocycles. The van der Waals surface area contributed by atoms with Crippen LogP contribution in [0.2, 0.25) is 0 Å². The Morgan fingerprint density at radius 3 is 2.46 bits per heavy atom. The second kappa shape index (κ2) is 6.63. The zero-order chi connectivity index (χ0) is 16.4. The Morgan fingerprint density at radius 2 is 1.83 bits per heavy atom. The summed E-state index contributed by atoms with van der Waals surface area (Å²) in [6.45, 7) is 0.104. The van der Waals surface area contributed by atoms with Crippen molar-refractivity contribution >= 4 is 5.91 Å². The third kappa shape index (κ3) is 3.27. The van der Waals surface area contributed by atoms with Gasteiger partial charge in [-0.2, -0.15) is 0 Å². The number of carbonyl (C=O) groups excluding carboxylic acids is 1. The van der Waals surface area contributed by atoms with E-state index in [1.54, 1.807) is 0 Å². The van der Waals surface area contributed by atoms with Gasteiger partial charge in [-0.05, 0) is 49.9 Å². The molecule has 0 N–H and O–H groups in total. The van der Waals surface area contributed by atoms with Gasteiger partial charge in [-0.25, -0.2) is 0 Å². The summed E-state index contributed by atoms with van der Waals surface area (Å²) in [7, 11) is 0. The van der Waals surface area contributed by atoms with Gasteiger partial charge >= 0.3 is 0 Å². The third-order valence-corrected chi connectivity index (χ3v) is 4.77. The zero-order valence-corrected chi connectivity index (χ0v) is 13.6. The van der Waals surface area contributed by atoms with Crippen LogP contribution in [-0.2, 0) is 4.79 Å². The Hall–Kier alpha value is -2.37. The van der Waals surface area contributed by atoms with Crippen LogP contribution in [-0.4, -0.2) is 39.7 Å². The summed E-state index contributed by atoms with van der Waals surface area (Å²) in [6.07, 6.45) is 8.33. The molecule has 1 aromatic carbocycles. The van der Waals surface area contributed by atoms with Crippen molar-refractivity contribution in [2.45, 2.75) is 50.6 Å². The zero-order valence-electron chi connectivity index (χ0n) is 13.6. The summed E-state index contributed by atoms with van der Waals surface area (Å²) in [5, 5.41) is 7.53. The second-order valence-electron chi connectivity index (χ2n) is 6.53. The maximum atomic E-state index is 12.6.